The Labute approximate surface area is 129 Å². The molecule has 1 amide bonds. The number of anilines is 1. The van der Waals surface area contributed by atoms with Gasteiger partial charge in [-0.3, -0.25) is 4.79 Å². The fourth-order valence-electron chi connectivity index (χ4n) is 1.81. The number of para-hydroxylation sites is 1. The van der Waals surface area contributed by atoms with Crippen molar-refractivity contribution in [2.45, 2.75) is 0 Å². The highest BCUT2D eigenvalue weighted by atomic mass is 127. The Morgan fingerprint density at radius 3 is 2.65 bits per heavy atom. The Hall–Kier alpha value is -1.94. The van der Waals surface area contributed by atoms with Crippen LogP contribution in [0.25, 0.3) is 0 Å². The van der Waals surface area contributed by atoms with Gasteiger partial charge in [0.05, 0.1) is 16.8 Å². The summed E-state index contributed by atoms with van der Waals surface area (Å²) in [5.41, 5.74) is 1.35. The largest absolute Gasteiger partial charge is 0.310 e. The van der Waals surface area contributed by atoms with E-state index < -0.39 is 0 Å². The van der Waals surface area contributed by atoms with Crippen LogP contribution in [0.2, 0.25) is 0 Å². The average Bonchev–Trinajstić information content (AvgIpc) is 2.45. The van der Waals surface area contributed by atoms with Crippen LogP contribution in [0.4, 0.5) is 10.1 Å². The summed E-state index contributed by atoms with van der Waals surface area (Å²) >= 11 is 1.92. The minimum absolute atomic E-state index is 0.280. The minimum atomic E-state index is -0.383. The summed E-state index contributed by atoms with van der Waals surface area (Å²) in [4.78, 5) is 13.8. The normalized spacial score (nSPS) is 9.90. The van der Waals surface area contributed by atoms with Gasteiger partial charge in [0.25, 0.3) is 5.91 Å². The molecule has 2 rings (SSSR count). The first kappa shape index (κ1) is 14.5. The van der Waals surface area contributed by atoms with Crippen molar-refractivity contribution in [2.75, 3.05) is 11.9 Å². The third kappa shape index (κ3) is 2.80. The predicted octanol–water partition coefficient (Wildman–Crippen LogP) is 3.58. The molecular formula is C15H10FIN2O. The van der Waals surface area contributed by atoms with Crippen molar-refractivity contribution in [1.82, 2.24) is 0 Å². The molecule has 0 aliphatic rings. The molecule has 0 aliphatic carbocycles. The van der Waals surface area contributed by atoms with Crippen LogP contribution in [-0.2, 0) is 0 Å². The first-order chi connectivity index (χ1) is 9.54. The number of benzene rings is 2. The summed E-state index contributed by atoms with van der Waals surface area (Å²) in [5, 5.41) is 9.07. The fourth-order valence-corrected chi connectivity index (χ4v) is 2.52. The summed E-state index contributed by atoms with van der Waals surface area (Å²) in [6, 6.07) is 12.9. The van der Waals surface area contributed by atoms with E-state index in [1.54, 1.807) is 31.3 Å². The predicted molar refractivity (Wildman–Crippen MR) is 83.0 cm³/mol. The Morgan fingerprint density at radius 2 is 2.00 bits per heavy atom. The second-order valence-electron chi connectivity index (χ2n) is 4.12. The molecule has 3 nitrogen and oxygen atoms in total. The van der Waals surface area contributed by atoms with Crippen LogP contribution in [0.15, 0.2) is 42.5 Å². The molecule has 0 unspecified atom stereocenters. The van der Waals surface area contributed by atoms with E-state index in [4.69, 9.17) is 5.26 Å². The van der Waals surface area contributed by atoms with Gasteiger partial charge in [0.15, 0.2) is 0 Å². The molecule has 0 bridgehead atoms. The third-order valence-electron chi connectivity index (χ3n) is 2.85. The van der Waals surface area contributed by atoms with Crippen LogP contribution in [0.5, 0.6) is 0 Å². The number of amides is 1. The SMILES string of the molecule is CN(C(=O)c1ccc(F)cc1I)c1ccccc1C#N. The molecule has 0 radical (unpaired) electrons. The molecule has 100 valence electrons. The highest BCUT2D eigenvalue weighted by Gasteiger charge is 2.18. The van der Waals surface area contributed by atoms with E-state index in [-0.39, 0.29) is 11.7 Å². The highest BCUT2D eigenvalue weighted by molar-refractivity contribution is 14.1. The first-order valence-corrected chi connectivity index (χ1v) is 6.84. The van der Waals surface area contributed by atoms with Crippen molar-refractivity contribution >= 4 is 34.2 Å². The Morgan fingerprint density at radius 1 is 1.30 bits per heavy atom. The van der Waals surface area contributed by atoms with Gasteiger partial charge in [0.2, 0.25) is 0 Å². The van der Waals surface area contributed by atoms with Gasteiger partial charge in [-0.15, -0.1) is 0 Å². The van der Waals surface area contributed by atoms with E-state index in [1.165, 1.54) is 23.1 Å². The van der Waals surface area contributed by atoms with E-state index in [0.29, 0.717) is 20.4 Å². The van der Waals surface area contributed by atoms with Crippen molar-refractivity contribution in [3.8, 4) is 6.07 Å². The molecule has 0 saturated heterocycles. The standard InChI is InChI=1S/C15H10FIN2O/c1-19(14-5-3-2-4-10(14)9-18)15(20)12-7-6-11(16)8-13(12)17/h2-8H,1H3. The van der Waals surface area contributed by atoms with Crippen LogP contribution in [0, 0.1) is 20.7 Å². The molecule has 0 aliphatic heterocycles. The maximum absolute atomic E-state index is 13.1. The number of nitrogens with zero attached hydrogens (tertiary/aromatic N) is 2. The Balaban J connectivity index is 2.41. The quantitative estimate of drug-likeness (QED) is 0.748. The van der Waals surface area contributed by atoms with E-state index >= 15 is 0 Å². The van der Waals surface area contributed by atoms with Gasteiger partial charge in [-0.05, 0) is 52.9 Å². The molecule has 0 atom stereocenters. The molecule has 0 N–H and O–H groups in total. The number of nitriles is 1. The molecule has 0 heterocycles. The number of hydrogen-bond acceptors (Lipinski definition) is 2. The molecule has 2 aromatic rings. The van der Waals surface area contributed by atoms with Crippen molar-refractivity contribution in [3.05, 3.63) is 63.0 Å². The van der Waals surface area contributed by atoms with Gasteiger partial charge < -0.3 is 4.90 Å². The second kappa shape index (κ2) is 6.01. The van der Waals surface area contributed by atoms with Crippen LogP contribution < -0.4 is 4.90 Å². The van der Waals surface area contributed by atoms with Crippen LogP contribution >= 0.6 is 22.6 Å². The van der Waals surface area contributed by atoms with E-state index in [9.17, 15) is 9.18 Å². The average molecular weight is 380 g/mol. The van der Waals surface area contributed by atoms with Crippen molar-refractivity contribution < 1.29 is 9.18 Å². The van der Waals surface area contributed by atoms with Crippen LogP contribution in [0.1, 0.15) is 15.9 Å². The maximum atomic E-state index is 13.1. The molecule has 0 aromatic heterocycles. The number of rotatable bonds is 2. The third-order valence-corrected chi connectivity index (χ3v) is 3.74. The topological polar surface area (TPSA) is 44.1 Å². The summed E-state index contributed by atoms with van der Waals surface area (Å²) in [5.74, 6) is -0.664. The summed E-state index contributed by atoms with van der Waals surface area (Å²) < 4.78 is 13.6. The van der Waals surface area contributed by atoms with Crippen LogP contribution in [-0.4, -0.2) is 13.0 Å². The molecular weight excluding hydrogens is 370 g/mol. The molecule has 0 spiro atoms. The Kier molecular flexibility index (Phi) is 4.35. The van der Waals surface area contributed by atoms with Gasteiger partial charge in [0, 0.05) is 10.6 Å². The summed E-state index contributed by atoms with van der Waals surface area (Å²) in [7, 11) is 1.60. The molecule has 20 heavy (non-hydrogen) atoms. The lowest BCUT2D eigenvalue weighted by atomic mass is 10.1. The minimum Gasteiger partial charge on any atom is -0.310 e. The zero-order valence-corrected chi connectivity index (χ0v) is 12.8. The zero-order valence-electron chi connectivity index (χ0n) is 10.6. The van der Waals surface area contributed by atoms with Gasteiger partial charge in [0.1, 0.15) is 11.9 Å². The Bertz CT molecular complexity index is 709. The van der Waals surface area contributed by atoms with Crippen molar-refractivity contribution in [2.24, 2.45) is 0 Å². The number of hydrogen-bond donors (Lipinski definition) is 0. The number of halogens is 2. The van der Waals surface area contributed by atoms with E-state index in [1.807, 2.05) is 22.6 Å². The molecule has 0 saturated carbocycles. The van der Waals surface area contributed by atoms with E-state index in [2.05, 4.69) is 6.07 Å². The van der Waals surface area contributed by atoms with Gasteiger partial charge in [-0.2, -0.15) is 5.26 Å². The van der Waals surface area contributed by atoms with Gasteiger partial charge >= 0.3 is 0 Å². The van der Waals surface area contributed by atoms with Crippen LogP contribution in [0.3, 0.4) is 0 Å². The monoisotopic (exact) mass is 380 g/mol. The van der Waals surface area contributed by atoms with Crippen molar-refractivity contribution in [1.29, 1.82) is 5.26 Å². The van der Waals surface area contributed by atoms with Crippen molar-refractivity contribution in [3.63, 3.8) is 0 Å². The lowest BCUT2D eigenvalue weighted by Crippen LogP contribution is -2.27. The van der Waals surface area contributed by atoms with Gasteiger partial charge in [-0.1, -0.05) is 12.1 Å². The van der Waals surface area contributed by atoms with Gasteiger partial charge in [-0.25, -0.2) is 4.39 Å². The second-order valence-corrected chi connectivity index (χ2v) is 5.28. The summed E-state index contributed by atoms with van der Waals surface area (Å²) in [6.45, 7) is 0. The number of carbonyl (C=O) groups is 1. The fraction of sp³-hybridized carbons (Fsp3) is 0.0667. The lowest BCUT2D eigenvalue weighted by molar-refractivity contribution is 0.0992. The number of carbonyl (C=O) groups excluding carboxylic acids is 1. The molecule has 0 fully saturated rings. The maximum Gasteiger partial charge on any atom is 0.259 e. The molecule has 5 heteroatoms. The first-order valence-electron chi connectivity index (χ1n) is 5.77. The van der Waals surface area contributed by atoms with E-state index in [0.717, 1.165) is 0 Å². The summed E-state index contributed by atoms with van der Waals surface area (Å²) in [6.07, 6.45) is 0. The zero-order chi connectivity index (χ0) is 14.7. The smallest absolute Gasteiger partial charge is 0.259 e. The molecule has 2 aromatic carbocycles. The lowest BCUT2D eigenvalue weighted by Gasteiger charge is -2.19. The highest BCUT2D eigenvalue weighted by Crippen LogP contribution is 2.22.